The second kappa shape index (κ2) is 7.06. The summed E-state index contributed by atoms with van der Waals surface area (Å²) in [6.45, 7) is 7.91. The third-order valence-electron chi connectivity index (χ3n) is 2.50. The zero-order valence-corrected chi connectivity index (χ0v) is 13.6. The maximum absolute atomic E-state index is 11.7. The molecule has 0 aliphatic heterocycles. The van der Waals surface area contributed by atoms with Gasteiger partial charge in [-0.3, -0.25) is 4.79 Å². The summed E-state index contributed by atoms with van der Waals surface area (Å²) in [4.78, 5) is 11.7. The highest BCUT2D eigenvalue weighted by molar-refractivity contribution is 9.10. The van der Waals surface area contributed by atoms with Crippen LogP contribution in [0.3, 0.4) is 0 Å². The summed E-state index contributed by atoms with van der Waals surface area (Å²) in [5.74, 6) is -0.0699. The fourth-order valence-electron chi connectivity index (χ4n) is 1.62. The molecule has 3 nitrogen and oxygen atoms in total. The molecule has 1 aromatic rings. The summed E-state index contributed by atoms with van der Waals surface area (Å²) in [5, 5.41) is 2.94. The number of hydrogen-bond donors (Lipinski definition) is 1. The van der Waals surface area contributed by atoms with E-state index in [1.807, 2.05) is 39.8 Å². The summed E-state index contributed by atoms with van der Waals surface area (Å²) in [6.07, 6.45) is 0.814. The van der Waals surface area contributed by atoms with Crippen molar-refractivity contribution in [2.75, 3.05) is 6.61 Å². The van der Waals surface area contributed by atoms with Crippen LogP contribution >= 0.6 is 15.9 Å². The molecular formula is C15H22BrNO2. The molecule has 0 saturated heterocycles. The fourth-order valence-corrected chi connectivity index (χ4v) is 1.89. The Hall–Kier alpha value is -0.870. The zero-order chi connectivity index (χ0) is 14.5. The number of amides is 1. The molecular weight excluding hydrogens is 306 g/mol. The molecule has 106 valence electrons. The molecule has 0 aliphatic carbocycles. The van der Waals surface area contributed by atoms with Crippen molar-refractivity contribution in [2.24, 2.45) is 0 Å². The Bertz CT molecular complexity index is 409. The number of hydrogen-bond acceptors (Lipinski definition) is 2. The van der Waals surface area contributed by atoms with Gasteiger partial charge in [0, 0.05) is 10.5 Å². The van der Waals surface area contributed by atoms with Gasteiger partial charge in [-0.25, -0.2) is 0 Å². The summed E-state index contributed by atoms with van der Waals surface area (Å²) in [5.41, 5.74) is 0.916. The van der Waals surface area contributed by atoms with Crippen LogP contribution in [0.2, 0.25) is 0 Å². The fraction of sp³-hybridized carbons (Fsp3) is 0.533. The highest BCUT2D eigenvalue weighted by Gasteiger charge is 2.14. The smallest absolute Gasteiger partial charge is 0.246 e. The quantitative estimate of drug-likeness (QED) is 0.900. The van der Waals surface area contributed by atoms with E-state index in [0.717, 1.165) is 10.9 Å². The number of carbonyl (C=O) groups excluding carboxylic acids is 1. The molecule has 0 heterocycles. The Morgan fingerprint density at radius 1 is 1.32 bits per heavy atom. The molecule has 0 aromatic heterocycles. The molecule has 1 amide bonds. The molecule has 0 saturated carbocycles. The first-order chi connectivity index (χ1) is 8.76. The van der Waals surface area contributed by atoms with Gasteiger partial charge in [-0.05, 0) is 51.8 Å². The molecule has 1 unspecified atom stereocenters. The van der Waals surface area contributed by atoms with Crippen LogP contribution in [-0.4, -0.2) is 24.2 Å². The van der Waals surface area contributed by atoms with Gasteiger partial charge in [-0.2, -0.15) is 0 Å². The molecule has 0 aliphatic rings. The number of halogens is 1. The Labute approximate surface area is 123 Å². The summed E-state index contributed by atoms with van der Waals surface area (Å²) in [6, 6.07) is 8.22. The maximum Gasteiger partial charge on any atom is 0.246 e. The van der Waals surface area contributed by atoms with Crippen LogP contribution in [0.25, 0.3) is 0 Å². The van der Waals surface area contributed by atoms with Gasteiger partial charge in [-0.15, -0.1) is 0 Å². The Morgan fingerprint density at radius 3 is 2.42 bits per heavy atom. The van der Waals surface area contributed by atoms with Crippen LogP contribution in [0, 0.1) is 0 Å². The van der Waals surface area contributed by atoms with Gasteiger partial charge in [0.15, 0.2) is 0 Å². The van der Waals surface area contributed by atoms with Crippen molar-refractivity contribution in [3.8, 4) is 0 Å². The minimum atomic E-state index is -0.285. The molecule has 0 spiro atoms. The second-order valence-electron chi connectivity index (χ2n) is 5.70. The van der Waals surface area contributed by atoms with E-state index in [1.54, 1.807) is 0 Å². The molecule has 19 heavy (non-hydrogen) atoms. The molecule has 0 fully saturated rings. The standard InChI is InChI=1S/C15H22BrNO2/c1-11(9-12-5-7-13(16)8-6-12)17-14(18)10-19-15(2,3)4/h5-8,11H,9-10H2,1-4H3,(H,17,18). The van der Waals surface area contributed by atoms with Gasteiger partial charge in [0.1, 0.15) is 6.61 Å². The first-order valence-corrected chi connectivity index (χ1v) is 7.23. The molecule has 0 radical (unpaired) electrons. The van der Waals surface area contributed by atoms with Crippen LogP contribution in [0.5, 0.6) is 0 Å². The highest BCUT2D eigenvalue weighted by atomic mass is 79.9. The number of benzene rings is 1. The summed E-state index contributed by atoms with van der Waals surface area (Å²) >= 11 is 3.40. The molecule has 1 N–H and O–H groups in total. The predicted molar refractivity (Wildman–Crippen MR) is 81.2 cm³/mol. The van der Waals surface area contributed by atoms with Gasteiger partial charge in [0.2, 0.25) is 5.91 Å². The van der Waals surface area contributed by atoms with Gasteiger partial charge < -0.3 is 10.1 Å². The first kappa shape index (κ1) is 16.2. The first-order valence-electron chi connectivity index (χ1n) is 6.44. The third kappa shape index (κ3) is 7.33. The van der Waals surface area contributed by atoms with Crippen molar-refractivity contribution in [3.63, 3.8) is 0 Å². The Kier molecular flexibility index (Phi) is 6.01. The lowest BCUT2D eigenvalue weighted by molar-refractivity contribution is -0.131. The van der Waals surface area contributed by atoms with Crippen molar-refractivity contribution < 1.29 is 9.53 Å². The van der Waals surface area contributed by atoms with E-state index in [1.165, 1.54) is 5.56 Å². The molecule has 4 heteroatoms. The highest BCUT2D eigenvalue weighted by Crippen LogP contribution is 2.12. The number of nitrogens with one attached hydrogen (secondary N) is 1. The van der Waals surface area contributed by atoms with Crippen molar-refractivity contribution in [1.82, 2.24) is 5.32 Å². The van der Waals surface area contributed by atoms with Crippen LogP contribution in [0.1, 0.15) is 33.3 Å². The van der Waals surface area contributed by atoms with Crippen molar-refractivity contribution in [2.45, 2.75) is 45.8 Å². The minimum Gasteiger partial charge on any atom is -0.366 e. The zero-order valence-electron chi connectivity index (χ0n) is 12.0. The Balaban J connectivity index is 2.36. The van der Waals surface area contributed by atoms with E-state index in [9.17, 15) is 4.79 Å². The normalized spacial score (nSPS) is 13.1. The molecule has 1 rings (SSSR count). The van der Waals surface area contributed by atoms with Crippen LogP contribution in [0.4, 0.5) is 0 Å². The largest absolute Gasteiger partial charge is 0.366 e. The van der Waals surface area contributed by atoms with Crippen LogP contribution < -0.4 is 5.32 Å². The third-order valence-corrected chi connectivity index (χ3v) is 3.03. The monoisotopic (exact) mass is 327 g/mol. The van der Waals surface area contributed by atoms with Crippen LogP contribution in [0.15, 0.2) is 28.7 Å². The van der Waals surface area contributed by atoms with E-state index < -0.39 is 0 Å². The molecule has 1 aromatic carbocycles. The lowest BCUT2D eigenvalue weighted by atomic mass is 10.1. The second-order valence-corrected chi connectivity index (χ2v) is 6.62. The minimum absolute atomic E-state index is 0.0699. The molecule has 0 bridgehead atoms. The molecule has 1 atom stereocenters. The van der Waals surface area contributed by atoms with E-state index in [4.69, 9.17) is 4.74 Å². The predicted octanol–water partition coefficient (Wildman–Crippen LogP) is 3.31. The SMILES string of the molecule is CC(Cc1ccc(Br)cc1)NC(=O)COC(C)(C)C. The summed E-state index contributed by atoms with van der Waals surface area (Å²) < 4.78 is 6.50. The van der Waals surface area contributed by atoms with E-state index in [2.05, 4.69) is 33.4 Å². The summed E-state index contributed by atoms with van der Waals surface area (Å²) in [7, 11) is 0. The van der Waals surface area contributed by atoms with Gasteiger partial charge in [-0.1, -0.05) is 28.1 Å². The van der Waals surface area contributed by atoms with E-state index in [0.29, 0.717) is 0 Å². The van der Waals surface area contributed by atoms with Gasteiger partial charge >= 0.3 is 0 Å². The number of carbonyl (C=O) groups is 1. The van der Waals surface area contributed by atoms with Crippen molar-refractivity contribution >= 4 is 21.8 Å². The maximum atomic E-state index is 11.7. The topological polar surface area (TPSA) is 38.3 Å². The van der Waals surface area contributed by atoms with Gasteiger partial charge in [0.25, 0.3) is 0 Å². The Morgan fingerprint density at radius 2 is 1.89 bits per heavy atom. The van der Waals surface area contributed by atoms with E-state index >= 15 is 0 Å². The lowest BCUT2D eigenvalue weighted by Gasteiger charge is -2.20. The van der Waals surface area contributed by atoms with E-state index in [-0.39, 0.29) is 24.2 Å². The van der Waals surface area contributed by atoms with Crippen LogP contribution in [-0.2, 0) is 16.0 Å². The van der Waals surface area contributed by atoms with Crippen molar-refractivity contribution in [1.29, 1.82) is 0 Å². The number of rotatable bonds is 5. The average molecular weight is 328 g/mol. The van der Waals surface area contributed by atoms with Gasteiger partial charge in [0.05, 0.1) is 5.60 Å². The van der Waals surface area contributed by atoms with Crippen molar-refractivity contribution in [3.05, 3.63) is 34.3 Å². The average Bonchev–Trinajstić information content (AvgIpc) is 2.29. The number of ether oxygens (including phenoxy) is 1. The lowest BCUT2D eigenvalue weighted by Crippen LogP contribution is -2.38.